The Morgan fingerprint density at radius 3 is 2.64 bits per heavy atom. The molecule has 0 unspecified atom stereocenters. The van der Waals surface area contributed by atoms with Crippen molar-refractivity contribution >= 4 is 34.1 Å². The Morgan fingerprint density at radius 2 is 1.93 bits per heavy atom. The predicted molar refractivity (Wildman–Crippen MR) is 102 cm³/mol. The van der Waals surface area contributed by atoms with Gasteiger partial charge in [-0.3, -0.25) is 0 Å². The van der Waals surface area contributed by atoms with E-state index in [1.165, 1.54) is 18.3 Å². The second kappa shape index (κ2) is 7.06. The first-order chi connectivity index (χ1) is 13.4. The van der Waals surface area contributed by atoms with E-state index in [4.69, 9.17) is 0 Å². The van der Waals surface area contributed by atoms with Crippen molar-refractivity contribution in [1.29, 1.82) is 0 Å². The summed E-state index contributed by atoms with van der Waals surface area (Å²) >= 11 is 0. The zero-order chi connectivity index (χ0) is 19.7. The van der Waals surface area contributed by atoms with Gasteiger partial charge in [-0.25, -0.2) is 22.9 Å². The lowest BCUT2D eigenvalue weighted by atomic mass is 10.1. The van der Waals surface area contributed by atoms with Gasteiger partial charge < -0.3 is 20.5 Å². The van der Waals surface area contributed by atoms with E-state index in [2.05, 4.69) is 20.6 Å². The Bertz CT molecular complexity index is 992. The van der Waals surface area contributed by atoms with Crippen molar-refractivity contribution in [2.45, 2.75) is 18.8 Å². The predicted octanol–water partition coefficient (Wildman–Crippen LogP) is 4.58. The van der Waals surface area contributed by atoms with E-state index >= 15 is 0 Å². The fourth-order valence-electron chi connectivity index (χ4n) is 3.19. The van der Waals surface area contributed by atoms with Crippen molar-refractivity contribution in [3.63, 3.8) is 0 Å². The van der Waals surface area contributed by atoms with Crippen molar-refractivity contribution < 1.29 is 18.0 Å². The lowest BCUT2D eigenvalue weighted by Crippen LogP contribution is -2.39. The number of benzene rings is 1. The Kier molecular flexibility index (Phi) is 4.58. The van der Waals surface area contributed by atoms with Crippen LogP contribution in [0.3, 0.4) is 0 Å². The molecule has 6 nitrogen and oxygen atoms in total. The van der Waals surface area contributed by atoms with E-state index in [9.17, 15) is 18.0 Å². The number of urea groups is 1. The molecule has 0 spiro atoms. The number of pyridine rings is 1. The number of rotatable bonds is 3. The molecular weight excluding hydrogens is 371 g/mol. The lowest BCUT2D eigenvalue weighted by Gasteiger charge is -2.32. The first kappa shape index (κ1) is 18.1. The Balaban J connectivity index is 1.39. The molecule has 1 aromatic carbocycles. The summed E-state index contributed by atoms with van der Waals surface area (Å²) in [5.41, 5.74) is 1.61. The molecule has 2 amide bonds. The van der Waals surface area contributed by atoms with Crippen molar-refractivity contribution in [1.82, 2.24) is 9.97 Å². The number of amides is 2. The molecular formula is C19H18F3N5O. The first-order valence-electron chi connectivity index (χ1n) is 8.83. The van der Waals surface area contributed by atoms with E-state index in [1.54, 1.807) is 29.3 Å². The standard InChI is InChI=1S/C19H18F3N5O/c20-12-1-3-15-14(9-12)16(11-23-15)26-18(28)25-13-2-4-17(24-10-13)27-7-5-19(21,22)6-8-27/h1-4,9-11,23H,5-8H2,(H2,25,26,28). The number of nitrogens with zero attached hydrogens (tertiary/aromatic N) is 2. The maximum atomic E-state index is 13.4. The van der Waals surface area contributed by atoms with Crippen molar-refractivity contribution in [3.8, 4) is 0 Å². The average Bonchev–Trinajstić information content (AvgIpc) is 3.04. The Hall–Kier alpha value is -3.23. The number of hydrogen-bond acceptors (Lipinski definition) is 3. The third kappa shape index (κ3) is 3.88. The molecule has 1 aliphatic heterocycles. The fraction of sp³-hybridized carbons (Fsp3) is 0.263. The average molecular weight is 389 g/mol. The van der Waals surface area contributed by atoms with Crippen LogP contribution in [0.25, 0.3) is 10.9 Å². The highest BCUT2D eigenvalue weighted by molar-refractivity contribution is 6.05. The zero-order valence-electron chi connectivity index (χ0n) is 14.8. The molecule has 0 saturated carbocycles. The third-order valence-corrected chi connectivity index (χ3v) is 4.72. The van der Waals surface area contributed by atoms with Crippen LogP contribution in [-0.4, -0.2) is 35.0 Å². The van der Waals surface area contributed by atoms with E-state index in [0.717, 1.165) is 0 Å². The molecule has 1 fully saturated rings. The molecule has 3 aromatic rings. The Labute approximate surface area is 158 Å². The molecule has 146 valence electrons. The van der Waals surface area contributed by atoms with Crippen LogP contribution in [0, 0.1) is 5.82 Å². The monoisotopic (exact) mass is 389 g/mol. The van der Waals surface area contributed by atoms with Crippen LogP contribution in [-0.2, 0) is 0 Å². The number of aromatic amines is 1. The number of nitrogens with one attached hydrogen (secondary N) is 3. The van der Waals surface area contributed by atoms with Gasteiger partial charge in [0.15, 0.2) is 0 Å². The van der Waals surface area contributed by atoms with Gasteiger partial charge in [0.25, 0.3) is 5.92 Å². The second-order valence-corrected chi connectivity index (χ2v) is 6.72. The largest absolute Gasteiger partial charge is 0.359 e. The van der Waals surface area contributed by atoms with Gasteiger partial charge >= 0.3 is 6.03 Å². The number of H-pyrrole nitrogens is 1. The molecule has 1 saturated heterocycles. The van der Waals surface area contributed by atoms with Crippen LogP contribution < -0.4 is 15.5 Å². The molecule has 4 rings (SSSR count). The number of hydrogen-bond donors (Lipinski definition) is 3. The van der Waals surface area contributed by atoms with Gasteiger partial charge in [0.1, 0.15) is 11.6 Å². The number of fused-ring (bicyclic) bond motifs is 1. The molecule has 0 bridgehead atoms. The molecule has 0 aliphatic carbocycles. The summed E-state index contributed by atoms with van der Waals surface area (Å²) < 4.78 is 39.9. The SMILES string of the molecule is O=C(Nc1ccc(N2CCC(F)(F)CC2)nc1)Nc1c[nH]c2ccc(F)cc12. The number of carbonyl (C=O) groups excluding carboxylic acids is 1. The van der Waals surface area contributed by atoms with E-state index in [1.807, 2.05) is 0 Å². The highest BCUT2D eigenvalue weighted by Gasteiger charge is 2.34. The van der Waals surface area contributed by atoms with Crippen LogP contribution in [0.1, 0.15) is 12.8 Å². The second-order valence-electron chi connectivity index (χ2n) is 6.72. The van der Waals surface area contributed by atoms with Gasteiger partial charge in [-0.05, 0) is 30.3 Å². The van der Waals surface area contributed by atoms with E-state index in [-0.39, 0.29) is 25.9 Å². The quantitative estimate of drug-likeness (QED) is 0.614. The van der Waals surface area contributed by atoms with Crippen LogP contribution in [0.15, 0.2) is 42.7 Å². The summed E-state index contributed by atoms with van der Waals surface area (Å²) in [4.78, 5) is 21.2. The number of anilines is 3. The third-order valence-electron chi connectivity index (χ3n) is 4.72. The first-order valence-corrected chi connectivity index (χ1v) is 8.83. The minimum atomic E-state index is -2.61. The minimum absolute atomic E-state index is 0.192. The summed E-state index contributed by atoms with van der Waals surface area (Å²) in [6, 6.07) is 7.09. The lowest BCUT2D eigenvalue weighted by molar-refractivity contribution is -0.0221. The molecule has 28 heavy (non-hydrogen) atoms. The van der Waals surface area contributed by atoms with Crippen molar-refractivity contribution in [2.24, 2.45) is 0 Å². The Morgan fingerprint density at radius 1 is 1.14 bits per heavy atom. The van der Waals surface area contributed by atoms with Gasteiger partial charge in [0.05, 0.1) is 17.6 Å². The molecule has 3 N–H and O–H groups in total. The van der Waals surface area contributed by atoms with E-state index < -0.39 is 17.8 Å². The number of aromatic nitrogens is 2. The smallest absolute Gasteiger partial charge is 0.323 e. The number of carbonyl (C=O) groups is 1. The fourth-order valence-corrected chi connectivity index (χ4v) is 3.19. The maximum absolute atomic E-state index is 13.4. The van der Waals surface area contributed by atoms with Crippen LogP contribution >= 0.6 is 0 Å². The summed E-state index contributed by atoms with van der Waals surface area (Å²) in [5, 5.41) is 5.86. The molecule has 3 heterocycles. The zero-order valence-corrected chi connectivity index (χ0v) is 14.8. The number of halogens is 3. The van der Waals surface area contributed by atoms with Crippen LogP contribution in [0.4, 0.5) is 35.2 Å². The normalized spacial score (nSPS) is 16.2. The van der Waals surface area contributed by atoms with Crippen molar-refractivity contribution in [3.05, 3.63) is 48.5 Å². The number of piperidine rings is 1. The van der Waals surface area contributed by atoms with Crippen LogP contribution in [0.5, 0.6) is 0 Å². The van der Waals surface area contributed by atoms with E-state index in [0.29, 0.717) is 28.1 Å². The molecule has 1 aliphatic rings. The summed E-state index contributed by atoms with van der Waals surface area (Å²) in [6.07, 6.45) is 2.67. The van der Waals surface area contributed by atoms with Gasteiger partial charge in [-0.15, -0.1) is 0 Å². The summed E-state index contributed by atoms with van der Waals surface area (Å²) in [5.74, 6) is -2.42. The maximum Gasteiger partial charge on any atom is 0.323 e. The topological polar surface area (TPSA) is 73.1 Å². The highest BCUT2D eigenvalue weighted by atomic mass is 19.3. The van der Waals surface area contributed by atoms with Gasteiger partial charge in [-0.2, -0.15) is 0 Å². The summed E-state index contributed by atoms with van der Waals surface area (Å²) in [7, 11) is 0. The van der Waals surface area contributed by atoms with Crippen LogP contribution in [0.2, 0.25) is 0 Å². The number of alkyl halides is 2. The molecule has 2 aromatic heterocycles. The van der Waals surface area contributed by atoms with Gasteiger partial charge in [-0.1, -0.05) is 0 Å². The minimum Gasteiger partial charge on any atom is -0.359 e. The molecule has 9 heteroatoms. The van der Waals surface area contributed by atoms with Crippen molar-refractivity contribution in [2.75, 3.05) is 28.6 Å². The summed E-state index contributed by atoms with van der Waals surface area (Å²) in [6.45, 7) is 0.481. The molecule has 0 radical (unpaired) electrons. The molecule has 0 atom stereocenters. The van der Waals surface area contributed by atoms with Gasteiger partial charge in [0, 0.05) is 43.0 Å². The van der Waals surface area contributed by atoms with Gasteiger partial charge in [0.2, 0.25) is 0 Å². The highest BCUT2D eigenvalue weighted by Crippen LogP contribution is 2.30.